The molecular weight excluding hydrogens is 196 g/mol. The van der Waals surface area contributed by atoms with Gasteiger partial charge in [0, 0.05) is 5.56 Å². The van der Waals surface area contributed by atoms with Crippen LogP contribution >= 0.6 is 11.6 Å². The molecule has 0 fully saturated rings. The van der Waals surface area contributed by atoms with Crippen LogP contribution in [0.4, 0.5) is 0 Å². The minimum atomic E-state index is 0.422. The van der Waals surface area contributed by atoms with Crippen LogP contribution in [0.3, 0.4) is 0 Å². The molecule has 0 aliphatic rings. The van der Waals surface area contributed by atoms with Gasteiger partial charge in [-0.15, -0.1) is 0 Å². The van der Waals surface area contributed by atoms with Gasteiger partial charge in [-0.2, -0.15) is 0 Å². The smallest absolute Gasteiger partial charge is 0.148 e. The molecule has 0 saturated carbocycles. The quantitative estimate of drug-likeness (QED) is 0.714. The van der Waals surface area contributed by atoms with Gasteiger partial charge in [0.05, 0.1) is 18.1 Å². The highest BCUT2D eigenvalue weighted by Gasteiger charge is 2.02. The van der Waals surface area contributed by atoms with Crippen molar-refractivity contribution in [3.63, 3.8) is 0 Å². The van der Waals surface area contributed by atoms with Crippen LogP contribution in [-0.4, -0.2) is 9.97 Å². The molecule has 2 aromatic rings. The minimum absolute atomic E-state index is 0.422. The third-order valence-corrected chi connectivity index (χ3v) is 2.21. The molecule has 1 aromatic heterocycles. The Kier molecular flexibility index (Phi) is 2.46. The molecule has 0 aliphatic heterocycles. The first-order chi connectivity index (χ1) is 6.77. The van der Waals surface area contributed by atoms with E-state index in [0.29, 0.717) is 5.15 Å². The summed E-state index contributed by atoms with van der Waals surface area (Å²) in [5.74, 6) is 0. The lowest BCUT2D eigenvalue weighted by atomic mass is 10.1. The fourth-order valence-corrected chi connectivity index (χ4v) is 1.48. The summed E-state index contributed by atoms with van der Waals surface area (Å²) in [5, 5.41) is 0.422. The van der Waals surface area contributed by atoms with Crippen LogP contribution in [0.25, 0.3) is 11.3 Å². The van der Waals surface area contributed by atoms with Crippen LogP contribution in [0.1, 0.15) is 5.56 Å². The topological polar surface area (TPSA) is 25.8 Å². The van der Waals surface area contributed by atoms with E-state index in [1.54, 1.807) is 6.20 Å². The first-order valence-corrected chi connectivity index (χ1v) is 4.69. The summed E-state index contributed by atoms with van der Waals surface area (Å²) in [6.45, 7) is 2.04. The third-order valence-electron chi connectivity index (χ3n) is 2.03. The maximum Gasteiger partial charge on any atom is 0.148 e. The standard InChI is InChI=1S/C11H9ClN2/c1-8-4-2-3-5-9(8)10-6-13-7-11(12)14-10/h2-7H,1H3. The Hall–Kier alpha value is -1.41. The van der Waals surface area contributed by atoms with Crippen molar-refractivity contribution < 1.29 is 0 Å². The van der Waals surface area contributed by atoms with Crippen molar-refractivity contribution in [2.45, 2.75) is 6.92 Å². The van der Waals surface area contributed by atoms with Gasteiger partial charge in [0.1, 0.15) is 5.15 Å². The summed E-state index contributed by atoms with van der Waals surface area (Å²) < 4.78 is 0. The highest BCUT2D eigenvalue weighted by atomic mass is 35.5. The molecule has 0 aliphatic carbocycles. The van der Waals surface area contributed by atoms with Crippen molar-refractivity contribution in [2.75, 3.05) is 0 Å². The molecule has 2 rings (SSSR count). The fraction of sp³-hybridized carbons (Fsp3) is 0.0909. The van der Waals surface area contributed by atoms with Gasteiger partial charge in [0.15, 0.2) is 0 Å². The highest BCUT2D eigenvalue weighted by Crippen LogP contribution is 2.20. The van der Waals surface area contributed by atoms with E-state index in [-0.39, 0.29) is 0 Å². The van der Waals surface area contributed by atoms with Crippen LogP contribution in [0.5, 0.6) is 0 Å². The largest absolute Gasteiger partial charge is 0.259 e. The zero-order chi connectivity index (χ0) is 9.97. The molecule has 0 unspecified atom stereocenters. The van der Waals surface area contributed by atoms with Gasteiger partial charge < -0.3 is 0 Å². The maximum atomic E-state index is 5.77. The first-order valence-electron chi connectivity index (χ1n) is 4.31. The van der Waals surface area contributed by atoms with Crippen LogP contribution in [0.2, 0.25) is 5.15 Å². The van der Waals surface area contributed by atoms with Crippen molar-refractivity contribution in [3.05, 3.63) is 47.4 Å². The predicted molar refractivity (Wildman–Crippen MR) is 57.2 cm³/mol. The van der Waals surface area contributed by atoms with Gasteiger partial charge in [-0.25, -0.2) is 4.98 Å². The number of hydrogen-bond acceptors (Lipinski definition) is 2. The average Bonchev–Trinajstić information content (AvgIpc) is 2.18. The number of nitrogens with zero attached hydrogens (tertiary/aromatic N) is 2. The Balaban J connectivity index is 2.55. The molecule has 0 amide bonds. The lowest BCUT2D eigenvalue weighted by Gasteiger charge is -2.03. The Morgan fingerprint density at radius 1 is 1.14 bits per heavy atom. The summed E-state index contributed by atoms with van der Waals surface area (Å²) >= 11 is 5.77. The summed E-state index contributed by atoms with van der Waals surface area (Å²) in [7, 11) is 0. The van der Waals surface area contributed by atoms with E-state index < -0.39 is 0 Å². The molecule has 1 aromatic carbocycles. The summed E-state index contributed by atoms with van der Waals surface area (Å²) in [6.07, 6.45) is 3.25. The van der Waals surface area contributed by atoms with E-state index in [0.717, 1.165) is 11.3 Å². The molecule has 1 heterocycles. The summed E-state index contributed by atoms with van der Waals surface area (Å²) in [6, 6.07) is 8.02. The minimum Gasteiger partial charge on any atom is -0.259 e. The van der Waals surface area contributed by atoms with Crippen LogP contribution in [-0.2, 0) is 0 Å². The van der Waals surface area contributed by atoms with Gasteiger partial charge >= 0.3 is 0 Å². The number of benzene rings is 1. The van der Waals surface area contributed by atoms with Crippen LogP contribution in [0.15, 0.2) is 36.7 Å². The van der Waals surface area contributed by atoms with E-state index in [4.69, 9.17) is 11.6 Å². The van der Waals surface area contributed by atoms with Crippen molar-refractivity contribution >= 4 is 11.6 Å². The molecule has 70 valence electrons. The third kappa shape index (κ3) is 1.75. The molecule has 2 nitrogen and oxygen atoms in total. The van der Waals surface area contributed by atoms with Gasteiger partial charge in [-0.1, -0.05) is 35.9 Å². The molecule has 0 spiro atoms. The van der Waals surface area contributed by atoms with Gasteiger partial charge in [0.25, 0.3) is 0 Å². The van der Waals surface area contributed by atoms with Gasteiger partial charge in [-0.3, -0.25) is 4.98 Å². The van der Waals surface area contributed by atoms with Crippen molar-refractivity contribution in [1.82, 2.24) is 9.97 Å². The second-order valence-corrected chi connectivity index (χ2v) is 3.43. The predicted octanol–water partition coefficient (Wildman–Crippen LogP) is 3.11. The normalized spacial score (nSPS) is 10.1. The van der Waals surface area contributed by atoms with E-state index in [1.807, 2.05) is 31.2 Å². The molecule has 3 heteroatoms. The Labute approximate surface area is 87.6 Å². The van der Waals surface area contributed by atoms with E-state index in [2.05, 4.69) is 9.97 Å². The molecular formula is C11H9ClN2. The Morgan fingerprint density at radius 2 is 1.93 bits per heavy atom. The monoisotopic (exact) mass is 204 g/mol. The molecule has 0 saturated heterocycles. The Morgan fingerprint density at radius 3 is 2.64 bits per heavy atom. The molecule has 0 N–H and O–H groups in total. The number of hydrogen-bond donors (Lipinski definition) is 0. The molecule has 14 heavy (non-hydrogen) atoms. The van der Waals surface area contributed by atoms with Gasteiger partial charge in [-0.05, 0) is 12.5 Å². The maximum absolute atomic E-state index is 5.77. The van der Waals surface area contributed by atoms with Crippen molar-refractivity contribution in [2.24, 2.45) is 0 Å². The zero-order valence-corrected chi connectivity index (χ0v) is 8.49. The van der Waals surface area contributed by atoms with Crippen molar-refractivity contribution in [1.29, 1.82) is 0 Å². The fourth-order valence-electron chi connectivity index (χ4n) is 1.33. The summed E-state index contributed by atoms with van der Waals surface area (Å²) in [4.78, 5) is 8.21. The molecule has 0 bridgehead atoms. The average molecular weight is 205 g/mol. The van der Waals surface area contributed by atoms with Crippen LogP contribution in [0, 0.1) is 6.92 Å². The number of aromatic nitrogens is 2. The Bertz CT molecular complexity index is 455. The SMILES string of the molecule is Cc1ccccc1-c1cncc(Cl)n1. The number of halogens is 1. The first kappa shape index (κ1) is 9.16. The second kappa shape index (κ2) is 3.76. The van der Waals surface area contributed by atoms with Crippen LogP contribution < -0.4 is 0 Å². The van der Waals surface area contributed by atoms with Crippen molar-refractivity contribution in [3.8, 4) is 11.3 Å². The highest BCUT2D eigenvalue weighted by molar-refractivity contribution is 6.29. The lowest BCUT2D eigenvalue weighted by Crippen LogP contribution is -1.88. The van der Waals surface area contributed by atoms with E-state index >= 15 is 0 Å². The van der Waals surface area contributed by atoms with Gasteiger partial charge in [0.2, 0.25) is 0 Å². The van der Waals surface area contributed by atoms with E-state index in [9.17, 15) is 0 Å². The number of aryl methyl sites for hydroxylation is 1. The number of rotatable bonds is 1. The molecule has 0 radical (unpaired) electrons. The zero-order valence-electron chi connectivity index (χ0n) is 7.74. The second-order valence-electron chi connectivity index (χ2n) is 3.04. The van der Waals surface area contributed by atoms with E-state index in [1.165, 1.54) is 11.8 Å². The molecule has 0 atom stereocenters. The lowest BCUT2D eigenvalue weighted by molar-refractivity contribution is 1.20. The summed E-state index contributed by atoms with van der Waals surface area (Å²) in [5.41, 5.74) is 3.06.